The summed E-state index contributed by atoms with van der Waals surface area (Å²) >= 11 is 0. The van der Waals surface area contributed by atoms with E-state index < -0.39 is 16.8 Å². The summed E-state index contributed by atoms with van der Waals surface area (Å²) in [5.74, 6) is -0.537. The summed E-state index contributed by atoms with van der Waals surface area (Å²) in [5.41, 5.74) is 8.12. The minimum atomic E-state index is -0.830. The standard InChI is InChI=1S/C23H28N6O7/c1-29(2)15-3-4-17-19(13-15)36-22-20(27-17)16(14-18(30)21(22)31)23(32)25-5-7-33-9-11-35-12-10-34-8-6-26-28-24/h3-4,13-14,27H,5-12H2,1-2H3,(H,25,32). The maximum atomic E-state index is 12.8. The van der Waals surface area contributed by atoms with E-state index >= 15 is 0 Å². The third-order valence-corrected chi connectivity index (χ3v) is 5.07. The maximum Gasteiger partial charge on any atom is 0.270 e. The third kappa shape index (κ3) is 7.06. The van der Waals surface area contributed by atoms with Crippen LogP contribution < -0.4 is 21.1 Å². The Kier molecular flexibility index (Phi) is 9.83. The Morgan fingerprint density at radius 1 is 1.08 bits per heavy atom. The van der Waals surface area contributed by atoms with Crippen LogP contribution in [0.2, 0.25) is 0 Å². The predicted octanol–water partition coefficient (Wildman–Crippen LogP) is 1.36. The van der Waals surface area contributed by atoms with Crippen LogP contribution in [0.3, 0.4) is 0 Å². The highest BCUT2D eigenvalue weighted by molar-refractivity contribution is 5.94. The van der Waals surface area contributed by atoms with Crippen molar-refractivity contribution in [2.75, 3.05) is 71.7 Å². The van der Waals surface area contributed by atoms with Gasteiger partial charge in [-0.2, -0.15) is 0 Å². The van der Waals surface area contributed by atoms with Crippen LogP contribution in [0, 0.1) is 10.8 Å². The molecule has 1 aromatic rings. The largest absolute Gasteiger partial charge is 0.449 e. The molecule has 0 bridgehead atoms. The lowest BCUT2D eigenvalue weighted by Crippen LogP contribution is -2.32. The number of hydrogen-bond acceptors (Lipinski definition) is 9. The molecule has 0 spiro atoms. The van der Waals surface area contributed by atoms with Crippen LogP contribution in [0.15, 0.2) is 43.4 Å². The fraction of sp³-hybridized carbons (Fsp3) is 0.435. The normalized spacial score (nSPS) is 10.9. The highest BCUT2D eigenvalue weighted by atomic mass is 16.5. The van der Waals surface area contributed by atoms with E-state index in [9.17, 15) is 14.4 Å². The van der Waals surface area contributed by atoms with Crippen molar-refractivity contribution in [2.45, 2.75) is 0 Å². The summed E-state index contributed by atoms with van der Waals surface area (Å²) < 4.78 is 21.7. The van der Waals surface area contributed by atoms with Gasteiger partial charge in [-0.1, -0.05) is 5.11 Å². The van der Waals surface area contributed by atoms with Gasteiger partial charge in [-0.25, -0.2) is 0 Å². The lowest BCUT2D eigenvalue weighted by Gasteiger charge is -2.13. The van der Waals surface area contributed by atoms with E-state index in [1.54, 1.807) is 12.1 Å². The average molecular weight is 501 g/mol. The first-order valence-electron chi connectivity index (χ1n) is 11.3. The Labute approximate surface area is 205 Å². The molecule has 0 fully saturated rings. The van der Waals surface area contributed by atoms with Crippen LogP contribution in [0.5, 0.6) is 0 Å². The van der Waals surface area contributed by atoms with Crippen molar-refractivity contribution in [3.8, 4) is 0 Å². The molecule has 13 heteroatoms. The number of azide groups is 1. The van der Waals surface area contributed by atoms with Crippen LogP contribution >= 0.6 is 0 Å². The molecule has 2 N–H and O–H groups in total. The molecule has 192 valence electrons. The Morgan fingerprint density at radius 3 is 2.47 bits per heavy atom. The number of carbonyl (C=O) groups excluding carboxylic acids is 1. The number of nitrogens with one attached hydrogen (secondary N) is 2. The summed E-state index contributed by atoms with van der Waals surface area (Å²) in [6.45, 7) is 2.45. The second-order valence-corrected chi connectivity index (χ2v) is 7.80. The predicted molar refractivity (Wildman–Crippen MR) is 132 cm³/mol. The van der Waals surface area contributed by atoms with E-state index in [2.05, 4.69) is 20.3 Å². The van der Waals surface area contributed by atoms with Gasteiger partial charge in [0.1, 0.15) is 0 Å². The van der Waals surface area contributed by atoms with E-state index in [-0.39, 0.29) is 36.0 Å². The molecule has 3 rings (SSSR count). The average Bonchev–Trinajstić information content (AvgIpc) is 2.87. The second-order valence-electron chi connectivity index (χ2n) is 7.80. The van der Waals surface area contributed by atoms with Gasteiger partial charge in [-0.3, -0.25) is 14.4 Å². The van der Waals surface area contributed by atoms with E-state index in [0.29, 0.717) is 44.1 Å². The summed E-state index contributed by atoms with van der Waals surface area (Å²) in [5, 5.41) is 6.18. The summed E-state index contributed by atoms with van der Waals surface area (Å²) in [6.07, 6.45) is 0. The number of aromatic amines is 1. The number of anilines is 1. The van der Waals surface area contributed by atoms with Gasteiger partial charge in [0.25, 0.3) is 11.3 Å². The van der Waals surface area contributed by atoms with E-state index in [1.807, 2.05) is 25.1 Å². The molecule has 1 aliphatic heterocycles. The molecule has 0 saturated carbocycles. The Bertz CT molecular complexity index is 1410. The van der Waals surface area contributed by atoms with Crippen LogP contribution in [0.25, 0.3) is 21.5 Å². The molecule has 0 unspecified atom stereocenters. The minimum absolute atomic E-state index is 0.0146. The van der Waals surface area contributed by atoms with Gasteiger partial charge in [-0.05, 0) is 17.7 Å². The molecule has 36 heavy (non-hydrogen) atoms. The van der Waals surface area contributed by atoms with E-state index in [0.717, 1.165) is 11.8 Å². The number of H-pyrrole nitrogens is 1. The van der Waals surface area contributed by atoms with Gasteiger partial charge in [-0.15, -0.1) is 0 Å². The van der Waals surface area contributed by atoms with E-state index in [1.165, 1.54) is 0 Å². The molecular weight excluding hydrogens is 472 g/mol. The zero-order valence-corrected chi connectivity index (χ0v) is 20.1. The third-order valence-electron chi connectivity index (χ3n) is 5.07. The number of nitrogens with zero attached hydrogens (tertiary/aromatic N) is 4. The Morgan fingerprint density at radius 2 is 1.78 bits per heavy atom. The molecule has 13 nitrogen and oxygen atoms in total. The number of hydrogen-bond donors (Lipinski definition) is 2. The first kappa shape index (κ1) is 26.7. The molecule has 0 atom stereocenters. The molecular formula is C23H28N6O7. The summed E-state index contributed by atoms with van der Waals surface area (Å²) in [4.78, 5) is 45.0. The van der Waals surface area contributed by atoms with Crippen LogP contribution in [0.4, 0.5) is 5.69 Å². The zero-order chi connectivity index (χ0) is 25.9. The molecule has 1 aromatic carbocycles. The Hall–Kier alpha value is -3.90. The van der Waals surface area contributed by atoms with Gasteiger partial charge in [0.2, 0.25) is 10.8 Å². The molecule has 0 radical (unpaired) electrons. The van der Waals surface area contributed by atoms with Crippen molar-refractivity contribution in [2.24, 2.45) is 5.11 Å². The van der Waals surface area contributed by atoms with E-state index in [4.69, 9.17) is 24.2 Å². The van der Waals surface area contributed by atoms with Crippen molar-refractivity contribution in [3.63, 3.8) is 0 Å². The highest BCUT2D eigenvalue weighted by Gasteiger charge is 2.15. The molecule has 2 aliphatic rings. The van der Waals surface area contributed by atoms with Crippen molar-refractivity contribution in [1.29, 1.82) is 0 Å². The SMILES string of the molecule is CN(C)c1ccc2[nH]c3c(C(=O)NCCOCCOCCOCCN=[N+]=[N-])cc(=O)c(=O)c=3oc2c1. The fourth-order valence-electron chi connectivity index (χ4n) is 3.26. The van der Waals surface area contributed by atoms with Gasteiger partial charge in [0, 0.05) is 49.9 Å². The molecule has 0 aromatic heterocycles. The molecule has 0 saturated heterocycles. The summed E-state index contributed by atoms with van der Waals surface area (Å²) in [7, 11) is 3.74. The maximum absolute atomic E-state index is 12.8. The van der Waals surface area contributed by atoms with Crippen molar-refractivity contribution < 1.29 is 23.4 Å². The number of rotatable bonds is 14. The van der Waals surface area contributed by atoms with Crippen LogP contribution in [-0.2, 0) is 14.2 Å². The zero-order valence-electron chi connectivity index (χ0n) is 20.1. The Balaban J connectivity index is 1.54. The number of benzene rings is 1. The number of carbonyl (C=O) groups is 1. The smallest absolute Gasteiger partial charge is 0.270 e. The first-order chi connectivity index (χ1) is 17.4. The van der Waals surface area contributed by atoms with Gasteiger partial charge in [0.05, 0.1) is 56.1 Å². The van der Waals surface area contributed by atoms with Gasteiger partial charge in [0.15, 0.2) is 5.58 Å². The highest BCUT2D eigenvalue weighted by Crippen LogP contribution is 2.20. The number of ether oxygens (including phenoxy) is 3. The number of amides is 1. The van der Waals surface area contributed by atoms with Gasteiger partial charge >= 0.3 is 0 Å². The number of aromatic nitrogens is 1. The van der Waals surface area contributed by atoms with Gasteiger partial charge < -0.3 is 33.8 Å². The topological polar surface area (TPSA) is 172 Å². The summed E-state index contributed by atoms with van der Waals surface area (Å²) in [6, 6.07) is 6.38. The molecule has 1 heterocycles. The van der Waals surface area contributed by atoms with Crippen molar-refractivity contribution in [3.05, 3.63) is 71.5 Å². The van der Waals surface area contributed by atoms with Crippen molar-refractivity contribution in [1.82, 2.24) is 10.3 Å². The monoisotopic (exact) mass is 500 g/mol. The first-order valence-corrected chi connectivity index (χ1v) is 11.3. The molecule has 1 amide bonds. The number of fused-ring (bicyclic) bond motifs is 1. The quantitative estimate of drug-likeness (QED) is 0.110. The van der Waals surface area contributed by atoms with Crippen LogP contribution in [-0.4, -0.2) is 77.7 Å². The van der Waals surface area contributed by atoms with Crippen molar-refractivity contribution >= 4 is 22.7 Å². The fourth-order valence-corrected chi connectivity index (χ4v) is 3.26. The lowest BCUT2D eigenvalue weighted by molar-refractivity contribution is 0.0166. The molecule has 1 aliphatic carbocycles. The van der Waals surface area contributed by atoms with Crippen LogP contribution in [0.1, 0.15) is 10.4 Å². The minimum Gasteiger partial charge on any atom is -0.449 e. The lowest BCUT2D eigenvalue weighted by atomic mass is 10.2. The second kappa shape index (κ2) is 13.3.